The Bertz CT molecular complexity index is 629. The van der Waals surface area contributed by atoms with Gasteiger partial charge >= 0.3 is 6.03 Å². The van der Waals surface area contributed by atoms with Gasteiger partial charge in [-0.3, -0.25) is 0 Å². The molecule has 150 valence electrons. The molecular weight excluding hydrogens is 374 g/mol. The number of rotatable bonds is 5. The lowest BCUT2D eigenvalue weighted by atomic mass is 10.1. The second-order valence-corrected chi connectivity index (χ2v) is 6.98. The third kappa shape index (κ3) is 5.24. The molecule has 0 aliphatic carbocycles. The van der Waals surface area contributed by atoms with Crippen molar-refractivity contribution >= 4 is 23.3 Å². The highest BCUT2D eigenvalue weighted by molar-refractivity contribution is 6.30. The summed E-state index contributed by atoms with van der Waals surface area (Å²) in [6, 6.07) is 5.48. The van der Waals surface area contributed by atoms with Crippen LogP contribution in [0.5, 0.6) is 0 Å². The van der Waals surface area contributed by atoms with E-state index < -0.39 is 12.4 Å². The van der Waals surface area contributed by atoms with Crippen LogP contribution in [-0.2, 0) is 20.8 Å². The number of amides is 2. The molecule has 2 aliphatic heterocycles. The van der Waals surface area contributed by atoms with Crippen LogP contribution in [0.4, 0.5) is 10.5 Å². The van der Waals surface area contributed by atoms with Gasteiger partial charge in [-0.1, -0.05) is 11.6 Å². The maximum atomic E-state index is 12.6. The molecule has 0 bridgehead atoms. The van der Waals surface area contributed by atoms with Crippen molar-refractivity contribution in [2.75, 3.05) is 58.0 Å². The number of nitrogens with one attached hydrogen (secondary N) is 1. The van der Waals surface area contributed by atoms with Crippen LogP contribution in [0.25, 0.3) is 0 Å². The van der Waals surface area contributed by atoms with Gasteiger partial charge in [0, 0.05) is 37.5 Å². The number of aliphatic hydroxyl groups is 1. The summed E-state index contributed by atoms with van der Waals surface area (Å²) in [5.74, 6) is 0. The van der Waals surface area contributed by atoms with E-state index >= 15 is 0 Å². The Balaban J connectivity index is 1.65. The van der Waals surface area contributed by atoms with Crippen LogP contribution in [0.3, 0.4) is 0 Å². The molecule has 2 aliphatic rings. The van der Waals surface area contributed by atoms with Crippen LogP contribution < -0.4 is 10.2 Å². The van der Waals surface area contributed by atoms with Gasteiger partial charge in [-0.25, -0.2) is 4.79 Å². The quantitative estimate of drug-likeness (QED) is 0.770. The number of aliphatic hydroxyl groups excluding tert-OH is 1. The zero-order chi connectivity index (χ0) is 19.2. The Hall–Kier alpha value is -1.58. The normalized spacial score (nSPS) is 23.4. The van der Waals surface area contributed by atoms with Crippen LogP contribution in [-0.4, -0.2) is 81.5 Å². The van der Waals surface area contributed by atoms with E-state index in [0.717, 1.165) is 24.3 Å². The van der Waals surface area contributed by atoms with Gasteiger partial charge in [0.25, 0.3) is 0 Å². The SMILES string of the molecule is CO[C@@H]1CN(C(=O)NCc2cc(Cl)ccc2N2CCOCC2)C[C@@H](CO)O1. The lowest BCUT2D eigenvalue weighted by Crippen LogP contribution is -2.54. The molecule has 0 radical (unpaired) electrons. The Morgan fingerprint density at radius 1 is 1.37 bits per heavy atom. The number of carbonyl (C=O) groups excluding carboxylic acids is 1. The second kappa shape index (κ2) is 9.57. The fraction of sp³-hybridized carbons (Fsp3) is 0.611. The predicted molar refractivity (Wildman–Crippen MR) is 101 cm³/mol. The lowest BCUT2D eigenvalue weighted by molar-refractivity contribution is -0.198. The van der Waals surface area contributed by atoms with Crippen molar-refractivity contribution in [2.45, 2.75) is 18.9 Å². The number of morpholine rings is 2. The molecule has 2 saturated heterocycles. The fourth-order valence-electron chi connectivity index (χ4n) is 3.29. The minimum absolute atomic E-state index is 0.168. The van der Waals surface area contributed by atoms with E-state index in [4.69, 9.17) is 25.8 Å². The molecule has 3 rings (SSSR count). The van der Waals surface area contributed by atoms with Crippen molar-refractivity contribution < 1.29 is 24.1 Å². The number of nitrogens with zero attached hydrogens (tertiary/aromatic N) is 2. The van der Waals surface area contributed by atoms with Gasteiger partial charge in [0.1, 0.15) is 6.10 Å². The topological polar surface area (TPSA) is 83.5 Å². The lowest BCUT2D eigenvalue weighted by Gasteiger charge is -2.36. The van der Waals surface area contributed by atoms with Gasteiger partial charge in [0.15, 0.2) is 6.29 Å². The highest BCUT2D eigenvalue weighted by Crippen LogP contribution is 2.25. The number of anilines is 1. The summed E-state index contributed by atoms with van der Waals surface area (Å²) in [4.78, 5) is 16.5. The highest BCUT2D eigenvalue weighted by atomic mass is 35.5. The zero-order valence-electron chi connectivity index (χ0n) is 15.4. The Morgan fingerprint density at radius 2 is 2.15 bits per heavy atom. The van der Waals surface area contributed by atoms with E-state index in [1.807, 2.05) is 18.2 Å². The Morgan fingerprint density at radius 3 is 2.85 bits per heavy atom. The molecule has 2 heterocycles. The van der Waals surface area contributed by atoms with Crippen LogP contribution in [0.15, 0.2) is 18.2 Å². The third-order valence-corrected chi connectivity index (χ3v) is 4.95. The second-order valence-electron chi connectivity index (χ2n) is 6.54. The molecule has 2 amide bonds. The number of carbonyl (C=O) groups is 1. The van der Waals surface area contributed by atoms with Gasteiger partial charge in [-0.15, -0.1) is 0 Å². The first-order chi connectivity index (χ1) is 13.1. The van der Waals surface area contributed by atoms with Crippen LogP contribution in [0.1, 0.15) is 5.56 Å². The fourth-order valence-corrected chi connectivity index (χ4v) is 3.48. The molecular formula is C18H26ClN3O5. The average Bonchev–Trinajstić information content (AvgIpc) is 2.72. The molecule has 8 nitrogen and oxygen atoms in total. The molecule has 2 atom stereocenters. The van der Waals surface area contributed by atoms with Crippen LogP contribution >= 0.6 is 11.6 Å². The molecule has 0 saturated carbocycles. The molecule has 1 aromatic carbocycles. The van der Waals surface area contributed by atoms with Crippen molar-refractivity contribution in [1.82, 2.24) is 10.2 Å². The van der Waals surface area contributed by atoms with Crippen molar-refractivity contribution in [3.05, 3.63) is 28.8 Å². The first kappa shape index (κ1) is 20.2. The minimum Gasteiger partial charge on any atom is -0.394 e. The summed E-state index contributed by atoms with van der Waals surface area (Å²) >= 11 is 6.17. The summed E-state index contributed by atoms with van der Waals surface area (Å²) < 4.78 is 16.1. The summed E-state index contributed by atoms with van der Waals surface area (Å²) in [6.45, 7) is 3.79. The van der Waals surface area contributed by atoms with Gasteiger partial charge in [-0.05, 0) is 23.8 Å². The first-order valence-corrected chi connectivity index (χ1v) is 9.41. The highest BCUT2D eigenvalue weighted by Gasteiger charge is 2.30. The largest absolute Gasteiger partial charge is 0.394 e. The third-order valence-electron chi connectivity index (χ3n) is 4.71. The van der Waals surface area contributed by atoms with Crippen molar-refractivity contribution in [3.8, 4) is 0 Å². The summed E-state index contributed by atoms with van der Waals surface area (Å²) in [5, 5.41) is 12.9. The first-order valence-electron chi connectivity index (χ1n) is 9.03. The Kier molecular flexibility index (Phi) is 7.14. The summed E-state index contributed by atoms with van der Waals surface area (Å²) in [5.41, 5.74) is 2.00. The number of hydrogen-bond acceptors (Lipinski definition) is 6. The smallest absolute Gasteiger partial charge is 0.317 e. The van der Waals surface area contributed by atoms with E-state index in [0.29, 0.717) is 37.9 Å². The van der Waals surface area contributed by atoms with Gasteiger partial charge < -0.3 is 34.4 Å². The molecule has 2 N–H and O–H groups in total. The molecule has 2 fully saturated rings. The van der Waals surface area contributed by atoms with E-state index in [1.54, 1.807) is 4.90 Å². The summed E-state index contributed by atoms with van der Waals surface area (Å²) in [7, 11) is 1.51. The number of benzene rings is 1. The molecule has 0 unspecified atom stereocenters. The molecule has 9 heteroatoms. The molecule has 27 heavy (non-hydrogen) atoms. The zero-order valence-corrected chi connectivity index (χ0v) is 16.2. The monoisotopic (exact) mass is 399 g/mol. The number of methoxy groups -OCH3 is 1. The van der Waals surface area contributed by atoms with Gasteiger partial charge in [0.05, 0.1) is 32.9 Å². The maximum absolute atomic E-state index is 12.6. The van der Waals surface area contributed by atoms with E-state index in [9.17, 15) is 9.90 Å². The van der Waals surface area contributed by atoms with E-state index in [-0.39, 0.29) is 12.6 Å². The number of urea groups is 1. The van der Waals surface area contributed by atoms with Crippen molar-refractivity contribution in [2.24, 2.45) is 0 Å². The van der Waals surface area contributed by atoms with Gasteiger partial charge in [0.2, 0.25) is 0 Å². The van der Waals surface area contributed by atoms with Crippen LogP contribution in [0.2, 0.25) is 5.02 Å². The molecule has 0 aromatic heterocycles. The summed E-state index contributed by atoms with van der Waals surface area (Å²) in [6.07, 6.45) is -0.999. The van der Waals surface area contributed by atoms with Gasteiger partial charge in [-0.2, -0.15) is 0 Å². The number of hydrogen-bond donors (Lipinski definition) is 2. The van der Waals surface area contributed by atoms with Crippen molar-refractivity contribution in [3.63, 3.8) is 0 Å². The van der Waals surface area contributed by atoms with Crippen molar-refractivity contribution in [1.29, 1.82) is 0 Å². The molecule has 0 spiro atoms. The van der Waals surface area contributed by atoms with E-state index in [1.165, 1.54) is 7.11 Å². The minimum atomic E-state index is -0.545. The van der Waals surface area contributed by atoms with Crippen LogP contribution in [0, 0.1) is 0 Å². The maximum Gasteiger partial charge on any atom is 0.317 e. The Labute approximate surface area is 163 Å². The standard InChI is InChI=1S/C18H26ClN3O5/c1-25-17-11-22(10-15(12-23)27-17)18(24)20-9-13-8-14(19)2-3-16(13)21-4-6-26-7-5-21/h2-3,8,15,17,23H,4-7,9-12H2,1H3,(H,20,24)/t15-,17-/m0/s1. The average molecular weight is 400 g/mol. The molecule has 1 aromatic rings. The number of ether oxygens (including phenoxy) is 3. The van der Waals surface area contributed by atoms with E-state index in [2.05, 4.69) is 10.2 Å². The predicted octanol–water partition coefficient (Wildman–Crippen LogP) is 1.05. The number of halogens is 1.